The Bertz CT molecular complexity index is 488. The summed E-state index contributed by atoms with van der Waals surface area (Å²) in [5.41, 5.74) is 1.94. The maximum absolute atomic E-state index is 10.2. The van der Waals surface area contributed by atoms with Crippen molar-refractivity contribution in [2.75, 3.05) is 18.5 Å². The number of aliphatic hydroxyl groups is 1. The first kappa shape index (κ1) is 14.9. The Labute approximate surface area is 127 Å². The van der Waals surface area contributed by atoms with E-state index in [0.717, 1.165) is 22.3 Å². The number of phenolic OH excluding ortho intramolecular Hbond substituents is 1. The van der Waals surface area contributed by atoms with Gasteiger partial charge in [-0.3, -0.25) is 0 Å². The van der Waals surface area contributed by atoms with Gasteiger partial charge in [0.25, 0.3) is 0 Å². The van der Waals surface area contributed by atoms with Gasteiger partial charge in [0, 0.05) is 23.8 Å². The van der Waals surface area contributed by atoms with Crippen LogP contribution in [0.25, 0.3) is 0 Å². The van der Waals surface area contributed by atoms with Crippen molar-refractivity contribution in [3.05, 3.63) is 58.6 Å². The van der Waals surface area contributed by atoms with Gasteiger partial charge in [0.15, 0.2) is 0 Å². The molecule has 0 amide bonds. The molecule has 0 bridgehead atoms. The second-order valence-corrected chi connectivity index (χ2v) is 5.71. The molecule has 3 nitrogen and oxygen atoms in total. The third kappa shape index (κ3) is 3.99. The van der Waals surface area contributed by atoms with Gasteiger partial charge in [0.1, 0.15) is 5.75 Å². The normalized spacial score (nSPS) is 12.2. The van der Waals surface area contributed by atoms with Gasteiger partial charge in [0.05, 0.1) is 6.10 Å². The number of phenols is 1. The molecular weight excluding hydrogens is 318 g/mol. The summed E-state index contributed by atoms with van der Waals surface area (Å²) in [5, 5.41) is 19.4. The van der Waals surface area contributed by atoms with Crippen molar-refractivity contribution in [2.24, 2.45) is 0 Å². The van der Waals surface area contributed by atoms with E-state index in [1.165, 1.54) is 0 Å². The van der Waals surface area contributed by atoms with E-state index in [4.69, 9.17) is 0 Å². The second kappa shape index (κ2) is 6.77. The summed E-state index contributed by atoms with van der Waals surface area (Å²) in [5.74, 6) is 0.261. The first-order chi connectivity index (χ1) is 9.56. The molecule has 0 radical (unpaired) electrons. The SMILES string of the molecule is CN(CCC(O)c1ccc(Br)cc1)c1ccc(O)cc1. The average molecular weight is 336 g/mol. The number of hydrogen-bond donors (Lipinski definition) is 2. The quantitative estimate of drug-likeness (QED) is 0.875. The molecule has 0 fully saturated rings. The summed E-state index contributed by atoms with van der Waals surface area (Å²) >= 11 is 3.38. The van der Waals surface area contributed by atoms with Gasteiger partial charge in [-0.05, 0) is 48.4 Å². The number of benzene rings is 2. The zero-order valence-electron chi connectivity index (χ0n) is 11.3. The van der Waals surface area contributed by atoms with Gasteiger partial charge in [-0.25, -0.2) is 0 Å². The predicted octanol–water partition coefficient (Wildman–Crippen LogP) is 3.71. The Morgan fingerprint density at radius 3 is 2.25 bits per heavy atom. The Morgan fingerprint density at radius 1 is 1.05 bits per heavy atom. The van der Waals surface area contributed by atoms with Crippen LogP contribution >= 0.6 is 15.9 Å². The molecule has 1 atom stereocenters. The lowest BCUT2D eigenvalue weighted by atomic mass is 10.1. The van der Waals surface area contributed by atoms with E-state index in [0.29, 0.717) is 6.42 Å². The molecule has 0 saturated carbocycles. The second-order valence-electron chi connectivity index (χ2n) is 4.79. The van der Waals surface area contributed by atoms with Crippen molar-refractivity contribution < 1.29 is 10.2 Å². The van der Waals surface area contributed by atoms with Crippen molar-refractivity contribution in [1.82, 2.24) is 0 Å². The van der Waals surface area contributed by atoms with Crippen LogP contribution in [-0.4, -0.2) is 23.8 Å². The van der Waals surface area contributed by atoms with Crippen molar-refractivity contribution in [1.29, 1.82) is 0 Å². The highest BCUT2D eigenvalue weighted by atomic mass is 79.9. The fraction of sp³-hybridized carbons (Fsp3) is 0.250. The molecule has 0 aliphatic heterocycles. The van der Waals surface area contributed by atoms with E-state index in [1.807, 2.05) is 43.4 Å². The van der Waals surface area contributed by atoms with Crippen LogP contribution < -0.4 is 4.90 Å². The third-order valence-corrected chi connectivity index (χ3v) is 3.81. The summed E-state index contributed by atoms with van der Waals surface area (Å²) in [6.07, 6.45) is 0.182. The molecule has 2 aromatic carbocycles. The van der Waals surface area contributed by atoms with Crippen LogP contribution in [0.2, 0.25) is 0 Å². The number of hydrogen-bond acceptors (Lipinski definition) is 3. The molecule has 20 heavy (non-hydrogen) atoms. The Morgan fingerprint density at radius 2 is 1.65 bits per heavy atom. The Kier molecular flexibility index (Phi) is 5.04. The van der Waals surface area contributed by atoms with Crippen LogP contribution in [0.15, 0.2) is 53.0 Å². The average Bonchev–Trinajstić information content (AvgIpc) is 2.46. The molecule has 4 heteroatoms. The molecule has 2 N–H and O–H groups in total. The van der Waals surface area contributed by atoms with Crippen LogP contribution in [0, 0.1) is 0 Å². The molecule has 0 spiro atoms. The first-order valence-corrected chi connectivity index (χ1v) is 7.29. The molecule has 0 aromatic heterocycles. The Hall–Kier alpha value is -1.52. The topological polar surface area (TPSA) is 43.7 Å². The van der Waals surface area contributed by atoms with Gasteiger partial charge < -0.3 is 15.1 Å². The van der Waals surface area contributed by atoms with E-state index in [2.05, 4.69) is 20.8 Å². The van der Waals surface area contributed by atoms with Gasteiger partial charge in [-0.2, -0.15) is 0 Å². The lowest BCUT2D eigenvalue weighted by Crippen LogP contribution is -2.20. The minimum Gasteiger partial charge on any atom is -0.508 e. The summed E-state index contributed by atoms with van der Waals surface area (Å²) in [6, 6.07) is 14.8. The molecule has 0 saturated heterocycles. The number of aromatic hydroxyl groups is 1. The zero-order valence-corrected chi connectivity index (χ0v) is 12.9. The number of aliphatic hydroxyl groups excluding tert-OH is 1. The summed E-state index contributed by atoms with van der Waals surface area (Å²) in [7, 11) is 1.97. The lowest BCUT2D eigenvalue weighted by Gasteiger charge is -2.21. The van der Waals surface area contributed by atoms with Crippen LogP contribution in [-0.2, 0) is 0 Å². The van der Waals surface area contributed by atoms with Gasteiger partial charge in [0.2, 0.25) is 0 Å². The highest BCUT2D eigenvalue weighted by Crippen LogP contribution is 2.22. The molecule has 106 valence electrons. The number of nitrogens with zero attached hydrogens (tertiary/aromatic N) is 1. The van der Waals surface area contributed by atoms with Crippen molar-refractivity contribution in [3.8, 4) is 5.75 Å². The van der Waals surface area contributed by atoms with E-state index in [-0.39, 0.29) is 5.75 Å². The highest BCUT2D eigenvalue weighted by Gasteiger charge is 2.09. The third-order valence-electron chi connectivity index (χ3n) is 3.28. The molecule has 0 aliphatic carbocycles. The van der Waals surface area contributed by atoms with Crippen molar-refractivity contribution in [3.63, 3.8) is 0 Å². The predicted molar refractivity (Wildman–Crippen MR) is 85.1 cm³/mol. The summed E-state index contributed by atoms with van der Waals surface area (Å²) < 4.78 is 1.01. The van der Waals surface area contributed by atoms with Gasteiger partial charge in [-0.1, -0.05) is 28.1 Å². The smallest absolute Gasteiger partial charge is 0.115 e. The van der Waals surface area contributed by atoms with Crippen LogP contribution in [0.3, 0.4) is 0 Å². The maximum atomic E-state index is 10.2. The van der Waals surface area contributed by atoms with E-state index in [9.17, 15) is 10.2 Å². The monoisotopic (exact) mass is 335 g/mol. The van der Waals surface area contributed by atoms with Crippen LogP contribution in [0.1, 0.15) is 18.1 Å². The Balaban J connectivity index is 1.91. The number of rotatable bonds is 5. The first-order valence-electron chi connectivity index (χ1n) is 6.50. The standard InChI is InChI=1S/C16H18BrNO2/c1-18(14-6-8-15(19)9-7-14)11-10-16(20)12-2-4-13(17)5-3-12/h2-9,16,19-20H,10-11H2,1H3. The molecule has 1 unspecified atom stereocenters. The van der Waals surface area contributed by atoms with Crippen LogP contribution in [0.4, 0.5) is 5.69 Å². The molecule has 0 heterocycles. The lowest BCUT2D eigenvalue weighted by molar-refractivity contribution is 0.170. The minimum absolute atomic E-state index is 0.261. The fourth-order valence-electron chi connectivity index (χ4n) is 2.00. The fourth-order valence-corrected chi connectivity index (χ4v) is 2.27. The van der Waals surface area contributed by atoms with Crippen LogP contribution in [0.5, 0.6) is 5.75 Å². The molecule has 2 aromatic rings. The van der Waals surface area contributed by atoms with E-state index in [1.54, 1.807) is 12.1 Å². The molecule has 2 rings (SSSR count). The molecular formula is C16H18BrNO2. The summed E-state index contributed by atoms with van der Waals surface area (Å²) in [4.78, 5) is 2.06. The summed E-state index contributed by atoms with van der Waals surface area (Å²) in [6.45, 7) is 0.738. The largest absolute Gasteiger partial charge is 0.508 e. The van der Waals surface area contributed by atoms with E-state index >= 15 is 0 Å². The van der Waals surface area contributed by atoms with Crippen molar-refractivity contribution >= 4 is 21.6 Å². The molecule has 0 aliphatic rings. The van der Waals surface area contributed by atoms with Gasteiger partial charge in [-0.15, -0.1) is 0 Å². The number of anilines is 1. The maximum Gasteiger partial charge on any atom is 0.115 e. The zero-order chi connectivity index (χ0) is 14.5. The van der Waals surface area contributed by atoms with Crippen molar-refractivity contribution in [2.45, 2.75) is 12.5 Å². The minimum atomic E-state index is -0.470. The van der Waals surface area contributed by atoms with E-state index < -0.39 is 6.10 Å². The van der Waals surface area contributed by atoms with Gasteiger partial charge >= 0.3 is 0 Å². The number of halogens is 1. The highest BCUT2D eigenvalue weighted by molar-refractivity contribution is 9.10.